The molecule has 1 amide bonds. The van der Waals surface area contributed by atoms with Gasteiger partial charge in [0.1, 0.15) is 0 Å². The number of methoxy groups -OCH3 is 1. The molecule has 27 heavy (non-hydrogen) atoms. The quantitative estimate of drug-likeness (QED) is 0.487. The molecule has 1 aromatic heterocycles. The maximum atomic E-state index is 12.4. The summed E-state index contributed by atoms with van der Waals surface area (Å²) in [5.41, 5.74) is 0.883. The van der Waals surface area contributed by atoms with Gasteiger partial charge < -0.3 is 14.8 Å². The van der Waals surface area contributed by atoms with E-state index in [1.165, 1.54) is 23.5 Å². The Morgan fingerprint density at radius 1 is 1.19 bits per heavy atom. The molecular formula is C19H18N2O5S. The SMILES string of the molecule is CCOc1ccc(CNC(=O)c2cc3cc([N+](=O)[O-])ccc3s2)cc1OC. The van der Waals surface area contributed by atoms with Gasteiger partial charge in [-0.25, -0.2) is 0 Å². The number of carbonyl (C=O) groups excluding carboxylic acids is 1. The predicted octanol–water partition coefficient (Wildman–Crippen LogP) is 4.15. The minimum Gasteiger partial charge on any atom is -0.493 e. The Morgan fingerprint density at radius 3 is 2.70 bits per heavy atom. The van der Waals surface area contributed by atoms with Crippen molar-refractivity contribution in [3.05, 3.63) is 63.0 Å². The Morgan fingerprint density at radius 2 is 2.00 bits per heavy atom. The molecule has 3 rings (SSSR count). The van der Waals surface area contributed by atoms with Gasteiger partial charge >= 0.3 is 0 Å². The topological polar surface area (TPSA) is 90.7 Å². The summed E-state index contributed by atoms with van der Waals surface area (Å²) in [6, 6.07) is 11.7. The van der Waals surface area contributed by atoms with Crippen LogP contribution in [0.5, 0.6) is 11.5 Å². The number of thiophene rings is 1. The number of amides is 1. The average Bonchev–Trinajstić information content (AvgIpc) is 3.10. The molecule has 1 heterocycles. The van der Waals surface area contributed by atoms with Gasteiger partial charge in [0, 0.05) is 28.8 Å². The van der Waals surface area contributed by atoms with Gasteiger partial charge in [-0.3, -0.25) is 14.9 Å². The largest absolute Gasteiger partial charge is 0.493 e. The van der Waals surface area contributed by atoms with Crippen molar-refractivity contribution in [2.45, 2.75) is 13.5 Å². The third-order valence-corrected chi connectivity index (χ3v) is 5.03. The summed E-state index contributed by atoms with van der Waals surface area (Å²) in [7, 11) is 1.57. The monoisotopic (exact) mass is 386 g/mol. The zero-order chi connectivity index (χ0) is 19.4. The molecule has 0 atom stereocenters. The van der Waals surface area contributed by atoms with Crippen LogP contribution in [0.15, 0.2) is 42.5 Å². The minimum atomic E-state index is -0.448. The highest BCUT2D eigenvalue weighted by molar-refractivity contribution is 7.20. The zero-order valence-corrected chi connectivity index (χ0v) is 15.7. The number of rotatable bonds is 7. The molecular weight excluding hydrogens is 368 g/mol. The molecule has 0 aliphatic rings. The van der Waals surface area contributed by atoms with Crippen LogP contribution >= 0.6 is 11.3 Å². The van der Waals surface area contributed by atoms with Crippen LogP contribution in [-0.2, 0) is 6.54 Å². The minimum absolute atomic E-state index is 0.00809. The molecule has 0 aliphatic carbocycles. The number of nitrogens with zero attached hydrogens (tertiary/aromatic N) is 1. The van der Waals surface area contributed by atoms with Crippen molar-refractivity contribution in [1.82, 2.24) is 5.32 Å². The third kappa shape index (κ3) is 4.17. The number of benzene rings is 2. The Balaban J connectivity index is 1.72. The van der Waals surface area contributed by atoms with E-state index in [0.717, 1.165) is 10.3 Å². The van der Waals surface area contributed by atoms with Gasteiger partial charge in [0.25, 0.3) is 11.6 Å². The number of ether oxygens (including phenoxy) is 2. The zero-order valence-electron chi connectivity index (χ0n) is 14.9. The van der Waals surface area contributed by atoms with Gasteiger partial charge in [-0.1, -0.05) is 6.07 Å². The number of nitrogens with one attached hydrogen (secondary N) is 1. The molecule has 0 saturated heterocycles. The number of hydrogen-bond donors (Lipinski definition) is 1. The van der Waals surface area contributed by atoms with Gasteiger partial charge in [0.15, 0.2) is 11.5 Å². The summed E-state index contributed by atoms with van der Waals surface area (Å²) in [5, 5.41) is 14.4. The van der Waals surface area contributed by atoms with Gasteiger partial charge in [-0.2, -0.15) is 0 Å². The van der Waals surface area contributed by atoms with Crippen LogP contribution in [0.2, 0.25) is 0 Å². The fourth-order valence-electron chi connectivity index (χ4n) is 2.62. The van der Waals surface area contributed by atoms with E-state index >= 15 is 0 Å². The molecule has 8 heteroatoms. The van der Waals surface area contributed by atoms with Crippen molar-refractivity contribution in [1.29, 1.82) is 0 Å². The van der Waals surface area contributed by atoms with E-state index in [9.17, 15) is 14.9 Å². The molecule has 0 aliphatic heterocycles. The molecule has 1 N–H and O–H groups in total. The average molecular weight is 386 g/mol. The molecule has 2 aromatic carbocycles. The van der Waals surface area contributed by atoms with Gasteiger partial charge in [-0.05, 0) is 36.8 Å². The lowest BCUT2D eigenvalue weighted by atomic mass is 10.2. The van der Waals surface area contributed by atoms with Crippen molar-refractivity contribution >= 4 is 33.0 Å². The number of carbonyl (C=O) groups is 1. The van der Waals surface area contributed by atoms with E-state index < -0.39 is 4.92 Å². The van der Waals surface area contributed by atoms with E-state index in [1.54, 1.807) is 19.2 Å². The van der Waals surface area contributed by atoms with E-state index in [1.807, 2.05) is 25.1 Å². The number of hydrogen-bond acceptors (Lipinski definition) is 6. The van der Waals surface area contributed by atoms with Crippen LogP contribution < -0.4 is 14.8 Å². The lowest BCUT2D eigenvalue weighted by molar-refractivity contribution is -0.384. The molecule has 7 nitrogen and oxygen atoms in total. The Labute approximate surface area is 159 Å². The fraction of sp³-hybridized carbons (Fsp3) is 0.211. The van der Waals surface area contributed by atoms with Gasteiger partial charge in [0.2, 0.25) is 0 Å². The number of nitro groups is 1. The standard InChI is InChI=1S/C19H18N2O5S/c1-3-26-15-6-4-12(8-16(15)25-2)11-20-19(22)18-10-13-9-14(21(23)24)5-7-17(13)27-18/h4-10H,3,11H2,1-2H3,(H,20,22). The van der Waals surface area contributed by atoms with Gasteiger partial charge in [-0.15, -0.1) is 11.3 Å². The Kier molecular flexibility index (Phi) is 5.56. The van der Waals surface area contributed by atoms with Crippen LogP contribution in [-0.4, -0.2) is 24.5 Å². The van der Waals surface area contributed by atoms with Crippen molar-refractivity contribution in [2.24, 2.45) is 0 Å². The first kappa shape index (κ1) is 18.7. The molecule has 0 saturated carbocycles. The van der Waals surface area contributed by atoms with Crippen LogP contribution in [0.1, 0.15) is 22.2 Å². The molecule has 0 spiro atoms. The summed E-state index contributed by atoms with van der Waals surface area (Å²) in [4.78, 5) is 23.4. The fourth-order valence-corrected chi connectivity index (χ4v) is 3.58. The first-order valence-electron chi connectivity index (χ1n) is 8.27. The van der Waals surface area contributed by atoms with Crippen LogP contribution in [0.3, 0.4) is 0 Å². The predicted molar refractivity (Wildman–Crippen MR) is 104 cm³/mol. The summed E-state index contributed by atoms with van der Waals surface area (Å²) in [5.74, 6) is 1.03. The van der Waals surface area contributed by atoms with E-state index in [2.05, 4.69) is 5.32 Å². The summed E-state index contributed by atoms with van der Waals surface area (Å²) in [6.07, 6.45) is 0. The van der Waals surface area contributed by atoms with E-state index in [-0.39, 0.29) is 11.6 Å². The molecule has 140 valence electrons. The number of non-ortho nitro benzene ring substituents is 1. The normalized spacial score (nSPS) is 10.6. The highest BCUT2D eigenvalue weighted by Gasteiger charge is 2.14. The summed E-state index contributed by atoms with van der Waals surface area (Å²) in [6.45, 7) is 2.76. The first-order valence-corrected chi connectivity index (χ1v) is 9.09. The first-order chi connectivity index (χ1) is 13.0. The van der Waals surface area contributed by atoms with Crippen LogP contribution in [0.25, 0.3) is 10.1 Å². The van der Waals surface area contributed by atoms with Gasteiger partial charge in [0.05, 0.1) is 23.5 Å². The van der Waals surface area contributed by atoms with E-state index in [0.29, 0.717) is 34.9 Å². The highest BCUT2D eigenvalue weighted by Crippen LogP contribution is 2.30. The highest BCUT2D eigenvalue weighted by atomic mass is 32.1. The summed E-state index contributed by atoms with van der Waals surface area (Å²) >= 11 is 1.30. The molecule has 0 fully saturated rings. The second-order valence-electron chi connectivity index (χ2n) is 5.69. The molecule has 3 aromatic rings. The lowest BCUT2D eigenvalue weighted by Crippen LogP contribution is -2.21. The Bertz CT molecular complexity index is 999. The lowest BCUT2D eigenvalue weighted by Gasteiger charge is -2.11. The second-order valence-corrected chi connectivity index (χ2v) is 6.77. The molecule has 0 unspecified atom stereocenters. The van der Waals surface area contributed by atoms with Crippen molar-refractivity contribution in [3.63, 3.8) is 0 Å². The van der Waals surface area contributed by atoms with Crippen molar-refractivity contribution in [3.8, 4) is 11.5 Å². The van der Waals surface area contributed by atoms with Crippen molar-refractivity contribution in [2.75, 3.05) is 13.7 Å². The van der Waals surface area contributed by atoms with Crippen LogP contribution in [0, 0.1) is 10.1 Å². The maximum Gasteiger partial charge on any atom is 0.270 e. The smallest absolute Gasteiger partial charge is 0.270 e. The van der Waals surface area contributed by atoms with Crippen molar-refractivity contribution < 1.29 is 19.2 Å². The summed E-state index contributed by atoms with van der Waals surface area (Å²) < 4.78 is 11.6. The van der Waals surface area contributed by atoms with E-state index in [4.69, 9.17) is 9.47 Å². The number of nitro benzene ring substituents is 1. The Hall–Kier alpha value is -3.13. The molecule has 0 bridgehead atoms. The van der Waals surface area contributed by atoms with Crippen LogP contribution in [0.4, 0.5) is 5.69 Å². The maximum absolute atomic E-state index is 12.4. The third-order valence-electron chi connectivity index (χ3n) is 3.92. The number of fused-ring (bicyclic) bond motifs is 1. The second kappa shape index (κ2) is 8.05. The molecule has 0 radical (unpaired) electrons.